The van der Waals surface area contributed by atoms with Gasteiger partial charge in [0.25, 0.3) is 5.91 Å². The van der Waals surface area contributed by atoms with Crippen molar-refractivity contribution in [3.63, 3.8) is 0 Å². The Labute approximate surface area is 202 Å². The molecule has 1 aromatic heterocycles. The van der Waals surface area contributed by atoms with Crippen molar-refractivity contribution in [2.24, 2.45) is 0 Å². The highest BCUT2D eigenvalue weighted by molar-refractivity contribution is 6.07. The third kappa shape index (κ3) is 4.53. The van der Waals surface area contributed by atoms with Gasteiger partial charge in [-0.1, -0.05) is 43.2 Å². The molecule has 0 atom stereocenters. The van der Waals surface area contributed by atoms with Crippen molar-refractivity contribution in [2.45, 2.75) is 44.2 Å². The smallest absolute Gasteiger partial charge is 0.323 e. The summed E-state index contributed by atoms with van der Waals surface area (Å²) in [5.41, 5.74) is 1.39. The third-order valence-corrected chi connectivity index (χ3v) is 6.67. The highest BCUT2D eigenvalue weighted by Gasteiger charge is 2.52. The Morgan fingerprint density at radius 3 is 2.49 bits per heavy atom. The number of nitrogens with zero attached hydrogens (tertiary/aromatic N) is 3. The minimum Gasteiger partial charge on any atom is -0.323 e. The summed E-state index contributed by atoms with van der Waals surface area (Å²) >= 11 is 0. The lowest BCUT2D eigenvalue weighted by Gasteiger charge is -2.20. The second kappa shape index (κ2) is 9.32. The Bertz CT molecular complexity index is 1250. The standard InChI is InChI=1S/C26H26FN5O3/c27-20-10-8-19(9-11-20)22-23(31(17-28-22)16-18-6-2-1-3-7-18)29-21(33)12-15-32-24(34)26(30-25(32)35)13-4-5-14-26/h1-3,6-11,17H,4-5,12-16H2,(H,29,33)(H,30,35). The number of anilines is 1. The van der Waals surface area contributed by atoms with E-state index in [4.69, 9.17) is 0 Å². The quantitative estimate of drug-likeness (QED) is 0.506. The molecule has 1 saturated carbocycles. The molecule has 0 bridgehead atoms. The van der Waals surface area contributed by atoms with Crippen LogP contribution in [0.15, 0.2) is 60.9 Å². The second-order valence-electron chi connectivity index (χ2n) is 9.04. The maximum absolute atomic E-state index is 13.5. The molecule has 2 fully saturated rings. The third-order valence-electron chi connectivity index (χ3n) is 6.67. The van der Waals surface area contributed by atoms with Crippen molar-refractivity contribution in [2.75, 3.05) is 11.9 Å². The summed E-state index contributed by atoms with van der Waals surface area (Å²) in [6.45, 7) is 0.469. The molecule has 5 rings (SSSR count). The number of hydrogen-bond acceptors (Lipinski definition) is 4. The lowest BCUT2D eigenvalue weighted by molar-refractivity contribution is -0.131. The molecule has 2 heterocycles. The van der Waals surface area contributed by atoms with E-state index in [-0.39, 0.29) is 30.6 Å². The summed E-state index contributed by atoms with van der Waals surface area (Å²) in [4.78, 5) is 43.8. The van der Waals surface area contributed by atoms with Gasteiger partial charge in [-0.2, -0.15) is 0 Å². The largest absolute Gasteiger partial charge is 0.325 e. The summed E-state index contributed by atoms with van der Waals surface area (Å²) in [6, 6.07) is 15.2. The van der Waals surface area contributed by atoms with Gasteiger partial charge in [0.15, 0.2) is 0 Å². The van der Waals surface area contributed by atoms with Gasteiger partial charge in [0, 0.05) is 18.5 Å². The molecule has 180 valence electrons. The molecule has 0 radical (unpaired) electrons. The van der Waals surface area contributed by atoms with E-state index < -0.39 is 11.6 Å². The minimum absolute atomic E-state index is 0.00302. The molecule has 35 heavy (non-hydrogen) atoms. The molecule has 2 N–H and O–H groups in total. The van der Waals surface area contributed by atoms with Crippen molar-refractivity contribution < 1.29 is 18.8 Å². The van der Waals surface area contributed by atoms with Crippen molar-refractivity contribution in [1.82, 2.24) is 19.8 Å². The maximum atomic E-state index is 13.5. The number of imidazole rings is 1. The van der Waals surface area contributed by atoms with Gasteiger partial charge in [0.05, 0.1) is 12.9 Å². The summed E-state index contributed by atoms with van der Waals surface area (Å²) in [7, 11) is 0. The lowest BCUT2D eigenvalue weighted by Crippen LogP contribution is -2.44. The van der Waals surface area contributed by atoms with Crippen LogP contribution < -0.4 is 10.6 Å². The molecular formula is C26H26FN5O3. The van der Waals surface area contributed by atoms with E-state index in [1.807, 2.05) is 34.9 Å². The fraction of sp³-hybridized carbons (Fsp3) is 0.308. The first-order valence-electron chi connectivity index (χ1n) is 11.7. The van der Waals surface area contributed by atoms with Gasteiger partial charge in [-0.25, -0.2) is 14.2 Å². The molecule has 3 aromatic rings. The normalized spacial score (nSPS) is 16.7. The van der Waals surface area contributed by atoms with Gasteiger partial charge in [-0.15, -0.1) is 0 Å². The molecule has 8 nitrogen and oxygen atoms in total. The average molecular weight is 476 g/mol. The van der Waals surface area contributed by atoms with Crippen molar-refractivity contribution in [1.29, 1.82) is 0 Å². The summed E-state index contributed by atoms with van der Waals surface area (Å²) in [6.07, 6.45) is 4.66. The molecule has 1 aliphatic carbocycles. The number of imide groups is 1. The minimum atomic E-state index is -0.794. The van der Waals surface area contributed by atoms with E-state index in [9.17, 15) is 18.8 Å². The van der Waals surface area contributed by atoms with E-state index in [0.717, 1.165) is 23.3 Å². The highest BCUT2D eigenvalue weighted by Crippen LogP contribution is 2.35. The first-order chi connectivity index (χ1) is 16.9. The van der Waals surface area contributed by atoms with Crippen molar-refractivity contribution >= 4 is 23.7 Å². The number of aromatic nitrogens is 2. The van der Waals surface area contributed by atoms with Crippen LogP contribution in [-0.2, 0) is 16.1 Å². The van der Waals surface area contributed by atoms with E-state index in [2.05, 4.69) is 15.6 Å². The van der Waals surface area contributed by atoms with E-state index in [1.54, 1.807) is 18.5 Å². The number of nitrogens with one attached hydrogen (secondary N) is 2. The van der Waals surface area contributed by atoms with Gasteiger partial charge in [0.1, 0.15) is 22.9 Å². The monoisotopic (exact) mass is 475 g/mol. The van der Waals surface area contributed by atoms with Crippen LogP contribution in [0.1, 0.15) is 37.7 Å². The van der Waals surface area contributed by atoms with E-state index in [0.29, 0.717) is 36.5 Å². The number of benzene rings is 2. The Kier molecular flexibility index (Phi) is 6.07. The number of halogens is 1. The Hall–Kier alpha value is -4.01. The van der Waals surface area contributed by atoms with Crippen molar-refractivity contribution in [3.05, 3.63) is 72.3 Å². The zero-order valence-electron chi connectivity index (χ0n) is 19.2. The molecule has 4 amide bonds. The van der Waals surface area contributed by atoms with Gasteiger partial charge < -0.3 is 15.2 Å². The summed E-state index contributed by atoms with van der Waals surface area (Å²) in [5, 5.41) is 5.74. The Balaban J connectivity index is 1.33. The fourth-order valence-corrected chi connectivity index (χ4v) is 4.84. The molecule has 1 spiro atoms. The van der Waals surface area contributed by atoms with Gasteiger partial charge >= 0.3 is 6.03 Å². The first-order valence-corrected chi connectivity index (χ1v) is 11.7. The van der Waals surface area contributed by atoms with Crippen LogP contribution in [0.2, 0.25) is 0 Å². The lowest BCUT2D eigenvalue weighted by atomic mass is 9.98. The number of rotatable bonds is 7. The highest BCUT2D eigenvalue weighted by atomic mass is 19.1. The number of urea groups is 1. The van der Waals surface area contributed by atoms with E-state index in [1.165, 1.54) is 12.1 Å². The first kappa shape index (κ1) is 22.8. The SMILES string of the molecule is O=C(CCN1C(=O)NC2(CCCC2)C1=O)Nc1c(-c2ccc(F)cc2)ncn1Cc1ccccc1. The fourth-order valence-electron chi connectivity index (χ4n) is 4.84. The molecule has 9 heteroatoms. The zero-order chi connectivity index (χ0) is 24.4. The van der Waals surface area contributed by atoms with Crippen molar-refractivity contribution in [3.8, 4) is 11.3 Å². The van der Waals surface area contributed by atoms with Crippen LogP contribution in [0.25, 0.3) is 11.3 Å². The zero-order valence-corrected chi connectivity index (χ0v) is 19.2. The van der Waals surface area contributed by atoms with Gasteiger partial charge in [0.2, 0.25) is 5.91 Å². The van der Waals surface area contributed by atoms with Crippen LogP contribution >= 0.6 is 0 Å². The predicted molar refractivity (Wildman–Crippen MR) is 128 cm³/mol. The van der Waals surface area contributed by atoms with Crippen LogP contribution in [0.5, 0.6) is 0 Å². The van der Waals surface area contributed by atoms with Crippen LogP contribution in [-0.4, -0.2) is 44.4 Å². The second-order valence-corrected chi connectivity index (χ2v) is 9.04. The van der Waals surface area contributed by atoms with E-state index >= 15 is 0 Å². The molecule has 0 unspecified atom stereocenters. The molecular weight excluding hydrogens is 449 g/mol. The van der Waals surface area contributed by atoms with Gasteiger partial charge in [-0.05, 0) is 42.7 Å². The molecule has 2 aliphatic rings. The summed E-state index contributed by atoms with van der Waals surface area (Å²) in [5.74, 6) is -0.489. The molecule has 2 aromatic carbocycles. The molecule has 1 saturated heterocycles. The van der Waals surface area contributed by atoms with Crippen LogP contribution in [0.3, 0.4) is 0 Å². The van der Waals surface area contributed by atoms with Crippen LogP contribution in [0, 0.1) is 5.82 Å². The van der Waals surface area contributed by atoms with Crippen LogP contribution in [0.4, 0.5) is 15.0 Å². The number of carbonyl (C=O) groups excluding carboxylic acids is 3. The summed E-state index contributed by atoms with van der Waals surface area (Å²) < 4.78 is 15.3. The predicted octanol–water partition coefficient (Wildman–Crippen LogP) is 3.93. The Morgan fingerprint density at radius 1 is 1.06 bits per heavy atom. The topological polar surface area (TPSA) is 96.3 Å². The number of amides is 4. The maximum Gasteiger partial charge on any atom is 0.325 e. The number of carbonyl (C=O) groups is 3. The molecule has 1 aliphatic heterocycles. The Morgan fingerprint density at radius 2 is 1.77 bits per heavy atom. The van der Waals surface area contributed by atoms with Gasteiger partial charge in [-0.3, -0.25) is 14.5 Å². The average Bonchev–Trinajstić information content (AvgIpc) is 3.54. The number of hydrogen-bond donors (Lipinski definition) is 2.